The Hall–Kier alpha value is 0.230. The molecule has 0 spiro atoms. The van der Waals surface area contributed by atoms with Crippen molar-refractivity contribution < 1.29 is 4.74 Å². The first-order valence-electron chi connectivity index (χ1n) is 6.66. The quantitative estimate of drug-likeness (QED) is 0.759. The molecule has 4 atom stereocenters. The molecule has 1 heterocycles. The van der Waals surface area contributed by atoms with Gasteiger partial charge >= 0.3 is 0 Å². The van der Waals surface area contributed by atoms with Crippen molar-refractivity contribution in [2.45, 2.75) is 57.4 Å². The van der Waals surface area contributed by atoms with Crippen LogP contribution in [0.5, 0.6) is 0 Å². The van der Waals surface area contributed by atoms with Crippen molar-refractivity contribution in [3.63, 3.8) is 0 Å². The molecule has 0 aromatic heterocycles. The zero-order chi connectivity index (χ0) is 12.8. The summed E-state index contributed by atoms with van der Waals surface area (Å²) in [6.07, 6.45) is 6.45. The van der Waals surface area contributed by atoms with E-state index in [2.05, 4.69) is 32.1 Å². The minimum Gasteiger partial charge on any atom is -0.374 e. The predicted octanol–water partition coefficient (Wildman–Crippen LogP) is 1.95. The van der Waals surface area contributed by atoms with E-state index in [1.165, 1.54) is 18.6 Å². The molecule has 1 aliphatic rings. The van der Waals surface area contributed by atoms with Gasteiger partial charge < -0.3 is 10.5 Å². The zero-order valence-electron chi connectivity index (χ0n) is 11.7. The van der Waals surface area contributed by atoms with Crippen molar-refractivity contribution in [3.8, 4) is 0 Å². The van der Waals surface area contributed by atoms with E-state index in [0.29, 0.717) is 30.8 Å². The molecule has 4 unspecified atom stereocenters. The fourth-order valence-corrected chi connectivity index (χ4v) is 3.09. The first-order valence-corrected chi connectivity index (χ1v) is 8.06. The standard InChI is InChI=1S/C13H28N2OS/c1-10(7-8-17-4)15(3)12(9-14)13-6-5-11(2)16-13/h10-13H,5-9,14H2,1-4H3. The molecule has 0 saturated carbocycles. The molecule has 0 bridgehead atoms. The molecule has 3 nitrogen and oxygen atoms in total. The molecule has 17 heavy (non-hydrogen) atoms. The lowest BCUT2D eigenvalue weighted by Gasteiger charge is -2.35. The summed E-state index contributed by atoms with van der Waals surface area (Å²) in [7, 11) is 2.19. The fourth-order valence-electron chi connectivity index (χ4n) is 2.52. The lowest BCUT2D eigenvalue weighted by Crippen LogP contribution is -2.50. The molecular weight excluding hydrogens is 232 g/mol. The van der Waals surface area contributed by atoms with Crippen LogP contribution in [-0.4, -0.2) is 54.8 Å². The smallest absolute Gasteiger partial charge is 0.0747 e. The Bertz CT molecular complexity index is 216. The summed E-state index contributed by atoms with van der Waals surface area (Å²) in [5.41, 5.74) is 5.94. The molecule has 102 valence electrons. The van der Waals surface area contributed by atoms with Crippen LogP contribution in [0.25, 0.3) is 0 Å². The van der Waals surface area contributed by atoms with E-state index in [-0.39, 0.29) is 0 Å². The van der Waals surface area contributed by atoms with Gasteiger partial charge in [-0.3, -0.25) is 4.90 Å². The summed E-state index contributed by atoms with van der Waals surface area (Å²) in [4.78, 5) is 2.42. The highest BCUT2D eigenvalue weighted by molar-refractivity contribution is 7.98. The minimum absolute atomic E-state index is 0.330. The Morgan fingerprint density at radius 1 is 1.47 bits per heavy atom. The molecule has 0 aromatic carbocycles. The van der Waals surface area contributed by atoms with Crippen LogP contribution >= 0.6 is 11.8 Å². The second-order valence-corrected chi connectivity index (χ2v) is 6.15. The monoisotopic (exact) mass is 260 g/mol. The van der Waals surface area contributed by atoms with Crippen LogP contribution < -0.4 is 5.73 Å². The van der Waals surface area contributed by atoms with Crippen LogP contribution in [0.15, 0.2) is 0 Å². The van der Waals surface area contributed by atoms with Crippen LogP contribution in [0, 0.1) is 0 Å². The first kappa shape index (κ1) is 15.3. The molecule has 1 fully saturated rings. The predicted molar refractivity (Wildman–Crippen MR) is 76.6 cm³/mol. The molecule has 1 saturated heterocycles. The van der Waals surface area contributed by atoms with Crippen LogP contribution in [0.3, 0.4) is 0 Å². The molecule has 4 heteroatoms. The minimum atomic E-state index is 0.330. The van der Waals surface area contributed by atoms with Gasteiger partial charge in [0.05, 0.1) is 12.2 Å². The Kier molecular flexibility index (Phi) is 6.85. The summed E-state index contributed by atoms with van der Waals surface area (Å²) in [5.74, 6) is 1.21. The third-order valence-corrected chi connectivity index (χ3v) is 4.54. The number of rotatable bonds is 7. The summed E-state index contributed by atoms with van der Waals surface area (Å²) in [6.45, 7) is 5.14. The number of hydrogen-bond donors (Lipinski definition) is 1. The Labute approximate surface area is 110 Å². The first-order chi connectivity index (χ1) is 8.10. The van der Waals surface area contributed by atoms with E-state index in [1.54, 1.807) is 0 Å². The number of nitrogens with two attached hydrogens (primary N) is 1. The van der Waals surface area contributed by atoms with E-state index >= 15 is 0 Å². The number of thioether (sulfide) groups is 1. The zero-order valence-corrected chi connectivity index (χ0v) is 12.5. The van der Waals surface area contributed by atoms with E-state index < -0.39 is 0 Å². The fraction of sp³-hybridized carbons (Fsp3) is 1.00. The number of hydrogen-bond acceptors (Lipinski definition) is 4. The van der Waals surface area contributed by atoms with Crippen LogP contribution in [0.1, 0.15) is 33.1 Å². The summed E-state index contributed by atoms with van der Waals surface area (Å²) >= 11 is 1.91. The molecule has 0 amide bonds. The number of likely N-dealkylation sites (N-methyl/N-ethyl adjacent to an activating group) is 1. The van der Waals surface area contributed by atoms with E-state index in [9.17, 15) is 0 Å². The lowest BCUT2D eigenvalue weighted by molar-refractivity contribution is -0.00686. The van der Waals surface area contributed by atoms with Crippen molar-refractivity contribution in [1.82, 2.24) is 4.90 Å². The summed E-state index contributed by atoms with van der Waals surface area (Å²) in [5, 5.41) is 0. The van der Waals surface area contributed by atoms with Gasteiger partial charge in [-0.1, -0.05) is 0 Å². The Morgan fingerprint density at radius 2 is 2.18 bits per heavy atom. The van der Waals surface area contributed by atoms with Gasteiger partial charge in [0.2, 0.25) is 0 Å². The topological polar surface area (TPSA) is 38.5 Å². The molecule has 0 radical (unpaired) electrons. The Morgan fingerprint density at radius 3 is 2.65 bits per heavy atom. The molecule has 0 aromatic rings. The number of ether oxygens (including phenoxy) is 1. The van der Waals surface area contributed by atoms with Gasteiger partial charge in [-0.2, -0.15) is 11.8 Å². The maximum absolute atomic E-state index is 5.96. The van der Waals surface area contributed by atoms with Gasteiger partial charge in [0.15, 0.2) is 0 Å². The third kappa shape index (κ3) is 4.43. The van der Waals surface area contributed by atoms with Gasteiger partial charge in [-0.15, -0.1) is 0 Å². The average molecular weight is 260 g/mol. The Balaban J connectivity index is 2.48. The molecule has 1 aliphatic heterocycles. The summed E-state index contributed by atoms with van der Waals surface area (Å²) in [6, 6.07) is 0.951. The van der Waals surface area contributed by atoms with Crippen LogP contribution in [0.4, 0.5) is 0 Å². The normalized spacial score (nSPS) is 28.6. The second-order valence-electron chi connectivity index (χ2n) is 5.16. The van der Waals surface area contributed by atoms with Gasteiger partial charge in [0.25, 0.3) is 0 Å². The van der Waals surface area contributed by atoms with Crippen molar-refractivity contribution >= 4 is 11.8 Å². The molecule has 2 N–H and O–H groups in total. The van der Waals surface area contributed by atoms with Crippen LogP contribution in [0.2, 0.25) is 0 Å². The van der Waals surface area contributed by atoms with Crippen molar-refractivity contribution in [1.29, 1.82) is 0 Å². The maximum atomic E-state index is 5.96. The molecule has 1 rings (SSSR count). The largest absolute Gasteiger partial charge is 0.374 e. The summed E-state index contributed by atoms with van der Waals surface area (Å²) < 4.78 is 5.96. The van der Waals surface area contributed by atoms with Crippen molar-refractivity contribution in [3.05, 3.63) is 0 Å². The SMILES string of the molecule is CSCCC(C)N(C)C(CN)C1CCC(C)O1. The molecule has 0 aliphatic carbocycles. The van der Waals surface area contributed by atoms with E-state index in [1.807, 2.05) is 11.8 Å². The van der Waals surface area contributed by atoms with E-state index in [4.69, 9.17) is 10.5 Å². The third-order valence-electron chi connectivity index (χ3n) is 3.89. The van der Waals surface area contributed by atoms with Gasteiger partial charge in [-0.25, -0.2) is 0 Å². The highest BCUT2D eigenvalue weighted by Crippen LogP contribution is 2.25. The average Bonchev–Trinajstić information content (AvgIpc) is 2.73. The second kappa shape index (κ2) is 7.62. The highest BCUT2D eigenvalue weighted by atomic mass is 32.2. The van der Waals surface area contributed by atoms with Gasteiger partial charge in [-0.05, 0) is 52.2 Å². The van der Waals surface area contributed by atoms with Crippen molar-refractivity contribution in [2.75, 3.05) is 25.6 Å². The van der Waals surface area contributed by atoms with E-state index in [0.717, 1.165) is 6.42 Å². The van der Waals surface area contributed by atoms with Gasteiger partial charge in [0.1, 0.15) is 0 Å². The van der Waals surface area contributed by atoms with Crippen LogP contribution in [-0.2, 0) is 4.74 Å². The maximum Gasteiger partial charge on any atom is 0.0747 e. The highest BCUT2D eigenvalue weighted by Gasteiger charge is 2.32. The van der Waals surface area contributed by atoms with Gasteiger partial charge in [0, 0.05) is 18.6 Å². The lowest BCUT2D eigenvalue weighted by atomic mass is 10.0. The van der Waals surface area contributed by atoms with Crippen molar-refractivity contribution in [2.24, 2.45) is 5.73 Å². The molecular formula is C13H28N2OS. The number of nitrogens with zero attached hydrogens (tertiary/aromatic N) is 1.